The predicted octanol–water partition coefficient (Wildman–Crippen LogP) is 5.06. The molecule has 0 atom stereocenters. The first-order chi connectivity index (χ1) is 10.8. The zero-order valence-corrected chi connectivity index (χ0v) is 12.4. The molecule has 1 amide bonds. The molecule has 0 heterocycles. The van der Waals surface area contributed by atoms with Crippen molar-refractivity contribution in [2.24, 2.45) is 0 Å². The van der Waals surface area contributed by atoms with E-state index >= 15 is 0 Å². The van der Waals surface area contributed by atoms with Crippen LogP contribution >= 0.6 is 11.6 Å². The first-order valence-electron chi connectivity index (χ1n) is 6.45. The third kappa shape index (κ3) is 4.79. The number of carbonyl (C=O) groups is 1. The molecule has 0 unspecified atom stereocenters. The van der Waals surface area contributed by atoms with Gasteiger partial charge in [0.2, 0.25) is 0 Å². The van der Waals surface area contributed by atoms with Gasteiger partial charge in [-0.1, -0.05) is 17.7 Å². The molecular weight excluding hydrogens is 333 g/mol. The predicted molar refractivity (Wildman–Crippen MR) is 81.9 cm³/mol. The second kappa shape index (κ2) is 6.78. The van der Waals surface area contributed by atoms with Crippen LogP contribution in [0.1, 0.15) is 11.1 Å². The fourth-order valence-corrected chi connectivity index (χ4v) is 2.12. The number of nitrogens with one attached hydrogen (secondary N) is 2. The lowest BCUT2D eigenvalue weighted by atomic mass is 10.1. The molecule has 23 heavy (non-hydrogen) atoms. The van der Waals surface area contributed by atoms with Crippen LogP contribution in [0.2, 0.25) is 5.02 Å². The molecule has 2 rings (SSSR count). The van der Waals surface area contributed by atoms with Gasteiger partial charge in [-0.15, -0.1) is 0 Å². The summed E-state index contributed by atoms with van der Waals surface area (Å²) in [6, 6.07) is 9.41. The summed E-state index contributed by atoms with van der Waals surface area (Å²) in [5.41, 5.74) is 0.834. The second-order valence-electron chi connectivity index (χ2n) is 4.67. The van der Waals surface area contributed by atoms with Gasteiger partial charge in [-0.2, -0.15) is 13.2 Å². The van der Waals surface area contributed by atoms with Gasteiger partial charge in [0.15, 0.2) is 0 Å². The normalized spacial score (nSPS) is 11.1. The van der Waals surface area contributed by atoms with E-state index in [1.807, 2.05) is 0 Å². The van der Waals surface area contributed by atoms with Crippen LogP contribution < -0.4 is 10.6 Å². The largest absolute Gasteiger partial charge is 0.465 e. The first-order valence-corrected chi connectivity index (χ1v) is 6.83. The Balaban J connectivity index is 2.01. The quantitative estimate of drug-likeness (QED) is 0.726. The number of halogens is 4. The zero-order chi connectivity index (χ0) is 17.0. The summed E-state index contributed by atoms with van der Waals surface area (Å²) in [6.45, 7) is 0.332. The van der Waals surface area contributed by atoms with Gasteiger partial charge in [-0.3, -0.25) is 5.32 Å². The topological polar surface area (TPSA) is 61.4 Å². The number of anilines is 2. The highest BCUT2D eigenvalue weighted by molar-refractivity contribution is 6.33. The number of carboxylic acid groups (broad SMARTS) is 1. The lowest BCUT2D eigenvalue weighted by Crippen LogP contribution is -2.08. The molecule has 2 aromatic rings. The summed E-state index contributed by atoms with van der Waals surface area (Å²) in [5, 5.41) is 14.0. The van der Waals surface area contributed by atoms with Crippen LogP contribution in [0.15, 0.2) is 42.5 Å². The summed E-state index contributed by atoms with van der Waals surface area (Å²) in [6.07, 6.45) is -5.58. The van der Waals surface area contributed by atoms with E-state index in [9.17, 15) is 18.0 Å². The van der Waals surface area contributed by atoms with Gasteiger partial charge < -0.3 is 10.4 Å². The number of alkyl halides is 3. The fraction of sp³-hybridized carbons (Fsp3) is 0.133. The Morgan fingerprint density at radius 2 is 1.78 bits per heavy atom. The Labute approximate surface area is 134 Å². The Morgan fingerprint density at radius 1 is 1.13 bits per heavy atom. The van der Waals surface area contributed by atoms with Crippen molar-refractivity contribution in [2.75, 3.05) is 10.6 Å². The third-order valence-electron chi connectivity index (χ3n) is 2.98. The standard InChI is InChI=1S/C15H12ClF3N2O2/c16-12-7-9(1-6-13(12)21-14(22)23)8-20-11-4-2-10(3-5-11)15(17,18)19/h1-7,20-21H,8H2,(H,22,23). The van der Waals surface area contributed by atoms with E-state index in [2.05, 4.69) is 10.6 Å². The van der Waals surface area contributed by atoms with Crippen LogP contribution in [0.3, 0.4) is 0 Å². The molecule has 3 N–H and O–H groups in total. The molecule has 0 aliphatic rings. The highest BCUT2D eigenvalue weighted by atomic mass is 35.5. The van der Waals surface area contributed by atoms with Crippen LogP contribution in [0.4, 0.5) is 29.3 Å². The summed E-state index contributed by atoms with van der Waals surface area (Å²) >= 11 is 5.95. The van der Waals surface area contributed by atoms with Crippen molar-refractivity contribution in [1.29, 1.82) is 0 Å². The monoisotopic (exact) mass is 344 g/mol. The zero-order valence-electron chi connectivity index (χ0n) is 11.6. The van der Waals surface area contributed by atoms with E-state index in [1.165, 1.54) is 18.2 Å². The van der Waals surface area contributed by atoms with Crippen molar-refractivity contribution in [3.05, 3.63) is 58.6 Å². The number of hydrogen-bond acceptors (Lipinski definition) is 2. The number of benzene rings is 2. The molecule has 0 aliphatic heterocycles. The number of hydrogen-bond donors (Lipinski definition) is 3. The maximum absolute atomic E-state index is 12.5. The SMILES string of the molecule is O=C(O)Nc1ccc(CNc2ccc(C(F)(F)F)cc2)cc1Cl. The number of rotatable bonds is 4. The Hall–Kier alpha value is -2.41. The van der Waals surface area contributed by atoms with Crippen LogP contribution in [-0.4, -0.2) is 11.2 Å². The number of amides is 1. The van der Waals surface area contributed by atoms with Gasteiger partial charge >= 0.3 is 12.3 Å². The van der Waals surface area contributed by atoms with Gasteiger partial charge in [-0.05, 0) is 42.0 Å². The molecule has 0 radical (unpaired) electrons. The van der Waals surface area contributed by atoms with Crippen molar-refractivity contribution < 1.29 is 23.1 Å². The summed E-state index contributed by atoms with van der Waals surface area (Å²) in [7, 11) is 0. The summed E-state index contributed by atoms with van der Waals surface area (Å²) in [4.78, 5) is 10.6. The smallest absolute Gasteiger partial charge is 0.416 e. The summed E-state index contributed by atoms with van der Waals surface area (Å²) in [5.74, 6) is 0. The van der Waals surface area contributed by atoms with Crippen LogP contribution in [0.5, 0.6) is 0 Å². The van der Waals surface area contributed by atoms with E-state index in [1.54, 1.807) is 12.1 Å². The highest BCUT2D eigenvalue weighted by Gasteiger charge is 2.29. The first kappa shape index (κ1) is 17.0. The fourth-order valence-electron chi connectivity index (χ4n) is 1.87. The molecule has 0 fully saturated rings. The van der Waals surface area contributed by atoms with Gasteiger partial charge in [-0.25, -0.2) is 4.79 Å². The average molecular weight is 345 g/mol. The third-order valence-corrected chi connectivity index (χ3v) is 3.30. The van der Waals surface area contributed by atoms with E-state index in [0.717, 1.165) is 17.7 Å². The minimum atomic E-state index is -4.36. The molecule has 0 aromatic heterocycles. The molecule has 0 bridgehead atoms. The molecule has 0 aliphatic carbocycles. The van der Waals surface area contributed by atoms with Crippen molar-refractivity contribution >= 4 is 29.1 Å². The van der Waals surface area contributed by atoms with Gasteiger partial charge in [0.1, 0.15) is 0 Å². The van der Waals surface area contributed by atoms with Gasteiger partial charge in [0.25, 0.3) is 0 Å². The maximum Gasteiger partial charge on any atom is 0.416 e. The average Bonchev–Trinajstić information content (AvgIpc) is 2.47. The molecular formula is C15H12ClF3N2O2. The van der Waals surface area contributed by atoms with Crippen LogP contribution in [0, 0.1) is 0 Å². The second-order valence-corrected chi connectivity index (χ2v) is 5.08. The molecule has 8 heteroatoms. The van der Waals surface area contributed by atoms with Crippen LogP contribution in [0.25, 0.3) is 0 Å². The molecule has 0 spiro atoms. The molecule has 2 aromatic carbocycles. The molecule has 0 saturated heterocycles. The van der Waals surface area contributed by atoms with Crippen molar-refractivity contribution in [2.45, 2.75) is 12.7 Å². The lowest BCUT2D eigenvalue weighted by molar-refractivity contribution is -0.137. The van der Waals surface area contributed by atoms with Crippen molar-refractivity contribution in [1.82, 2.24) is 0 Å². The summed E-state index contributed by atoms with van der Waals surface area (Å²) < 4.78 is 37.4. The lowest BCUT2D eigenvalue weighted by Gasteiger charge is -2.11. The van der Waals surface area contributed by atoms with Crippen molar-refractivity contribution in [3.8, 4) is 0 Å². The molecule has 4 nitrogen and oxygen atoms in total. The van der Waals surface area contributed by atoms with E-state index in [0.29, 0.717) is 12.2 Å². The van der Waals surface area contributed by atoms with E-state index in [-0.39, 0.29) is 10.7 Å². The maximum atomic E-state index is 12.5. The Kier molecular flexibility index (Phi) is 5.00. The van der Waals surface area contributed by atoms with Gasteiger partial charge in [0, 0.05) is 12.2 Å². The minimum Gasteiger partial charge on any atom is -0.465 e. The van der Waals surface area contributed by atoms with E-state index in [4.69, 9.17) is 16.7 Å². The Morgan fingerprint density at radius 3 is 2.30 bits per heavy atom. The molecule has 122 valence electrons. The van der Waals surface area contributed by atoms with Gasteiger partial charge in [0.05, 0.1) is 16.3 Å². The van der Waals surface area contributed by atoms with Crippen molar-refractivity contribution in [3.63, 3.8) is 0 Å². The van der Waals surface area contributed by atoms with E-state index < -0.39 is 17.8 Å². The van der Waals surface area contributed by atoms with Crippen LogP contribution in [-0.2, 0) is 12.7 Å². The molecule has 0 saturated carbocycles. The Bertz CT molecular complexity index is 703. The minimum absolute atomic E-state index is 0.235. The highest BCUT2D eigenvalue weighted by Crippen LogP contribution is 2.30.